The highest BCUT2D eigenvalue weighted by Gasteiger charge is 2.30. The zero-order valence-corrected chi connectivity index (χ0v) is 39.8. The number of imidazole rings is 1. The fraction of sp³-hybridized carbons (Fsp3) is 0.300. The summed E-state index contributed by atoms with van der Waals surface area (Å²) in [6.07, 6.45) is 2.81. The lowest BCUT2D eigenvalue weighted by Gasteiger charge is -2.28. The number of fused-ring (bicyclic) bond motifs is 1. The molecule has 1 N–H and O–H groups in total. The summed E-state index contributed by atoms with van der Waals surface area (Å²) in [5.74, 6) is 0.905. The number of benzene rings is 6. The molecule has 0 aliphatic rings. The zero-order chi connectivity index (χ0) is 48.4. The Morgan fingerprint density at radius 1 is 0.547 bits per heavy atom. The van der Waals surface area contributed by atoms with Crippen molar-refractivity contribution in [3.8, 4) is 67.5 Å². The first-order valence-electron chi connectivity index (χ1n) is 24.2. The number of aromatic hydroxyl groups is 1. The largest absolute Gasteiger partial charge is 0.507 e. The van der Waals surface area contributed by atoms with Crippen LogP contribution in [0.3, 0.4) is 0 Å². The third kappa shape index (κ3) is 8.55. The van der Waals surface area contributed by atoms with Gasteiger partial charge in [0.15, 0.2) is 0 Å². The van der Waals surface area contributed by atoms with Crippen LogP contribution < -0.4 is 0 Å². The number of aromatic nitrogens is 3. The fourth-order valence-electron chi connectivity index (χ4n) is 8.57. The van der Waals surface area contributed by atoms with Gasteiger partial charge in [0.25, 0.3) is 0 Å². The second-order valence-corrected chi connectivity index (χ2v) is 21.3. The van der Waals surface area contributed by atoms with Gasteiger partial charge in [-0.2, -0.15) is 0 Å². The molecule has 0 atom stereocenters. The summed E-state index contributed by atoms with van der Waals surface area (Å²) in [7, 11) is 0. The van der Waals surface area contributed by atoms with Gasteiger partial charge in [-0.1, -0.05) is 174 Å². The van der Waals surface area contributed by atoms with E-state index in [-0.39, 0.29) is 27.4 Å². The molecule has 0 fully saturated rings. The van der Waals surface area contributed by atoms with Gasteiger partial charge < -0.3 is 5.11 Å². The molecule has 326 valence electrons. The topological polar surface area (TPSA) is 50.9 Å². The third-order valence-corrected chi connectivity index (χ3v) is 13.1. The van der Waals surface area contributed by atoms with Crippen molar-refractivity contribution in [3.05, 3.63) is 167 Å². The van der Waals surface area contributed by atoms with E-state index in [1.165, 1.54) is 5.56 Å². The lowest BCUT2D eigenvalue weighted by molar-refractivity contribution is 0.446. The molecule has 0 saturated heterocycles. The smallest absolute Gasteiger partial charge is 0.149 e. The van der Waals surface area contributed by atoms with Gasteiger partial charge in [0.05, 0.1) is 28.0 Å². The summed E-state index contributed by atoms with van der Waals surface area (Å²) >= 11 is 0. The van der Waals surface area contributed by atoms with Gasteiger partial charge in [-0.05, 0) is 122 Å². The van der Waals surface area contributed by atoms with E-state index in [2.05, 4.69) is 191 Å². The molecule has 64 heavy (non-hydrogen) atoms. The first-order chi connectivity index (χ1) is 31.3. The standard InChI is InChI=1S/C60H65N3O/c1-14-60(12,13)44-27-28-52(48(35-44)40-19-16-15-17-20-40)63-53-22-18-21-47(54(53)62-56(63)49-36-46(58(6,7)8)37-50(55(49)64)59(9,10)11)42-31-43(33-45(32-42)57(3,4)5)51-34-41(29-30-61-51)39-25-23-38(2)24-26-39/h15-37,64H,14H2,1-13H3/i2D3. The summed E-state index contributed by atoms with van der Waals surface area (Å²) in [4.78, 5) is 10.6. The van der Waals surface area contributed by atoms with Crippen LogP contribution >= 0.6 is 0 Å². The normalized spacial score (nSPS) is 13.5. The van der Waals surface area contributed by atoms with E-state index in [1.807, 2.05) is 24.4 Å². The van der Waals surface area contributed by atoms with Crippen molar-refractivity contribution in [3.63, 3.8) is 0 Å². The number of pyridine rings is 1. The number of aryl methyl sites for hydroxylation is 1. The maximum absolute atomic E-state index is 12.6. The molecular formula is C60H65N3O. The van der Waals surface area contributed by atoms with Crippen LogP contribution in [0, 0.1) is 6.85 Å². The molecule has 0 amide bonds. The summed E-state index contributed by atoms with van der Waals surface area (Å²) < 4.78 is 25.9. The molecule has 8 rings (SSSR count). The van der Waals surface area contributed by atoms with Gasteiger partial charge in [0, 0.05) is 32.6 Å². The summed E-state index contributed by atoms with van der Waals surface area (Å²) in [6.45, 7) is 24.5. The highest BCUT2D eigenvalue weighted by molar-refractivity contribution is 5.98. The Morgan fingerprint density at radius 3 is 1.88 bits per heavy atom. The SMILES string of the molecule is [2H]C([2H])([2H])c1ccc(-c2ccnc(-c3cc(-c4cccc5c4nc(-c4cc(C(C)(C)C)cc(C(C)(C)C)c4O)n5-c4ccc(C(C)(C)CC)cc4-c4ccccc4)cc(C(C)(C)C)c3)c2)cc1. The number of phenols is 1. The van der Waals surface area contributed by atoms with Crippen molar-refractivity contribution in [2.24, 2.45) is 0 Å². The highest BCUT2D eigenvalue weighted by Crippen LogP contribution is 2.46. The number of hydrogen-bond donors (Lipinski definition) is 1. The highest BCUT2D eigenvalue weighted by atomic mass is 16.3. The van der Waals surface area contributed by atoms with Gasteiger partial charge in [-0.15, -0.1) is 0 Å². The Morgan fingerprint density at radius 2 is 1.22 bits per heavy atom. The Bertz CT molecular complexity index is 3120. The fourth-order valence-corrected chi connectivity index (χ4v) is 8.57. The maximum atomic E-state index is 12.6. The van der Waals surface area contributed by atoms with Crippen molar-refractivity contribution >= 4 is 11.0 Å². The minimum absolute atomic E-state index is 0.0511. The second kappa shape index (κ2) is 16.4. The molecule has 0 saturated carbocycles. The third-order valence-electron chi connectivity index (χ3n) is 13.1. The summed E-state index contributed by atoms with van der Waals surface area (Å²) in [5, 5.41) is 12.6. The van der Waals surface area contributed by atoms with Crippen LogP contribution in [0.2, 0.25) is 0 Å². The number of para-hydroxylation sites is 1. The quantitative estimate of drug-likeness (QED) is 0.166. The average Bonchev–Trinajstić information content (AvgIpc) is 3.67. The van der Waals surface area contributed by atoms with Crippen molar-refractivity contribution in [1.82, 2.24) is 14.5 Å². The van der Waals surface area contributed by atoms with Gasteiger partial charge >= 0.3 is 0 Å². The van der Waals surface area contributed by atoms with Crippen molar-refractivity contribution in [2.75, 3.05) is 0 Å². The van der Waals surface area contributed by atoms with Crippen molar-refractivity contribution in [2.45, 2.75) is 118 Å². The zero-order valence-electron chi connectivity index (χ0n) is 42.8. The van der Waals surface area contributed by atoms with E-state index >= 15 is 0 Å². The Balaban J connectivity index is 1.43. The molecular weight excluding hydrogens is 779 g/mol. The first kappa shape index (κ1) is 40.5. The molecule has 6 aromatic carbocycles. The van der Waals surface area contributed by atoms with Crippen LogP contribution in [0.15, 0.2) is 140 Å². The molecule has 4 heteroatoms. The molecule has 0 spiro atoms. The van der Waals surface area contributed by atoms with E-state index in [0.29, 0.717) is 17.0 Å². The Kier molecular flexibility index (Phi) is 10.4. The molecule has 0 bridgehead atoms. The predicted molar refractivity (Wildman–Crippen MR) is 272 cm³/mol. The van der Waals surface area contributed by atoms with E-state index in [9.17, 15) is 5.11 Å². The van der Waals surface area contributed by atoms with Crippen LogP contribution in [0.5, 0.6) is 5.75 Å². The van der Waals surface area contributed by atoms with Gasteiger partial charge in [-0.3, -0.25) is 9.55 Å². The van der Waals surface area contributed by atoms with Gasteiger partial charge in [0.2, 0.25) is 0 Å². The van der Waals surface area contributed by atoms with E-state index in [1.54, 1.807) is 12.1 Å². The average molecular weight is 847 g/mol. The van der Waals surface area contributed by atoms with Crippen LogP contribution in [0.25, 0.3) is 72.7 Å². The Labute approximate surface area is 386 Å². The van der Waals surface area contributed by atoms with Crippen LogP contribution in [-0.2, 0) is 21.7 Å². The molecule has 4 nitrogen and oxygen atoms in total. The summed E-state index contributed by atoms with van der Waals surface area (Å²) in [5.41, 5.74) is 15.1. The minimum Gasteiger partial charge on any atom is -0.507 e. The minimum atomic E-state index is -2.17. The molecule has 0 radical (unpaired) electrons. The number of phenolic OH excluding ortho intramolecular Hbond substituents is 1. The lowest BCUT2D eigenvalue weighted by Crippen LogP contribution is -2.17. The van der Waals surface area contributed by atoms with E-state index in [4.69, 9.17) is 14.1 Å². The van der Waals surface area contributed by atoms with Crippen LogP contribution in [0.1, 0.15) is 121 Å². The maximum Gasteiger partial charge on any atom is 0.149 e. The molecule has 8 aromatic rings. The molecule has 0 aliphatic carbocycles. The monoisotopic (exact) mass is 847 g/mol. The van der Waals surface area contributed by atoms with E-state index in [0.717, 1.165) is 84.5 Å². The number of nitrogens with zero attached hydrogens (tertiary/aromatic N) is 3. The lowest BCUT2D eigenvalue weighted by atomic mass is 9.78. The molecule has 0 aliphatic heterocycles. The summed E-state index contributed by atoms with van der Waals surface area (Å²) in [6, 6.07) is 46.1. The van der Waals surface area contributed by atoms with Crippen LogP contribution in [-0.4, -0.2) is 19.6 Å². The second-order valence-electron chi connectivity index (χ2n) is 21.3. The number of hydrogen-bond acceptors (Lipinski definition) is 3. The van der Waals surface area contributed by atoms with Gasteiger partial charge in [-0.25, -0.2) is 4.98 Å². The molecule has 0 unspecified atom stereocenters. The van der Waals surface area contributed by atoms with Crippen molar-refractivity contribution in [1.29, 1.82) is 0 Å². The Hall–Kier alpha value is -6.26. The van der Waals surface area contributed by atoms with E-state index < -0.39 is 6.85 Å². The molecule has 2 heterocycles. The first-order valence-corrected chi connectivity index (χ1v) is 22.7. The van der Waals surface area contributed by atoms with Crippen LogP contribution in [0.4, 0.5) is 0 Å². The molecule has 2 aromatic heterocycles. The number of rotatable bonds is 8. The predicted octanol–water partition coefficient (Wildman–Crippen LogP) is 16.3. The van der Waals surface area contributed by atoms with Gasteiger partial charge in [0.1, 0.15) is 11.6 Å². The van der Waals surface area contributed by atoms with Crippen molar-refractivity contribution < 1.29 is 9.22 Å².